The molecule has 5 rings (SSSR count). The molecule has 3 heterocycles. The van der Waals surface area contributed by atoms with Crippen LogP contribution in [0.3, 0.4) is 0 Å². The van der Waals surface area contributed by atoms with E-state index in [1.165, 1.54) is 7.11 Å². The summed E-state index contributed by atoms with van der Waals surface area (Å²) in [6.07, 6.45) is 6.99. The molecule has 36 heavy (non-hydrogen) atoms. The summed E-state index contributed by atoms with van der Waals surface area (Å²) < 4.78 is 41.6. The molecule has 0 radical (unpaired) electrons. The van der Waals surface area contributed by atoms with Crippen molar-refractivity contribution in [2.75, 3.05) is 11.8 Å². The van der Waals surface area contributed by atoms with Crippen molar-refractivity contribution in [3.8, 4) is 18.1 Å². The van der Waals surface area contributed by atoms with E-state index in [9.17, 15) is 13.2 Å². The lowest BCUT2D eigenvalue weighted by Gasteiger charge is -2.13. The minimum absolute atomic E-state index is 0.0443. The van der Waals surface area contributed by atoms with Gasteiger partial charge in [0.15, 0.2) is 11.4 Å². The maximum atomic E-state index is 13.2. The first-order chi connectivity index (χ1) is 17.2. The molecule has 1 amide bonds. The third-order valence-electron chi connectivity index (χ3n) is 6.21. The summed E-state index contributed by atoms with van der Waals surface area (Å²) in [7, 11) is -2.57. The monoisotopic (exact) mass is 505 g/mol. The number of terminal acetylenes is 1. The smallest absolute Gasteiger partial charge is 0.298 e. The maximum absolute atomic E-state index is 13.2. The van der Waals surface area contributed by atoms with E-state index >= 15 is 0 Å². The SMILES string of the molecule is C#CC(=O)N1Cc2cnn(Cc3cc(C)c4c(NS(=O)(=O)c5c(C)cccc5OC)noc4c3)c2C1. The zero-order valence-electron chi connectivity index (χ0n) is 19.9. The first-order valence-corrected chi connectivity index (χ1v) is 12.5. The van der Waals surface area contributed by atoms with Crippen molar-refractivity contribution in [1.29, 1.82) is 0 Å². The van der Waals surface area contributed by atoms with E-state index < -0.39 is 10.0 Å². The Kier molecular flexibility index (Phi) is 5.68. The van der Waals surface area contributed by atoms with Crippen molar-refractivity contribution < 1.29 is 22.5 Å². The lowest BCUT2D eigenvalue weighted by atomic mass is 10.1. The zero-order chi connectivity index (χ0) is 25.6. The number of aromatic nitrogens is 3. The highest BCUT2D eigenvalue weighted by Crippen LogP contribution is 2.33. The number of ether oxygens (including phenoxy) is 1. The van der Waals surface area contributed by atoms with Gasteiger partial charge >= 0.3 is 0 Å². The fraction of sp³-hybridized carbons (Fsp3) is 0.240. The molecule has 0 spiro atoms. The Labute approximate surface area is 207 Å². The van der Waals surface area contributed by atoms with E-state index in [1.807, 2.05) is 17.7 Å². The highest BCUT2D eigenvalue weighted by atomic mass is 32.2. The van der Waals surface area contributed by atoms with Crippen LogP contribution < -0.4 is 9.46 Å². The summed E-state index contributed by atoms with van der Waals surface area (Å²) in [6.45, 7) is 4.83. The molecule has 4 aromatic rings. The van der Waals surface area contributed by atoms with Gasteiger partial charge in [-0.05, 0) is 48.6 Å². The van der Waals surface area contributed by atoms with Crippen LogP contribution in [0.1, 0.15) is 27.9 Å². The van der Waals surface area contributed by atoms with Gasteiger partial charge in [-0.1, -0.05) is 23.4 Å². The largest absolute Gasteiger partial charge is 0.495 e. The van der Waals surface area contributed by atoms with Crippen LogP contribution in [0.15, 0.2) is 45.9 Å². The first-order valence-electron chi connectivity index (χ1n) is 11.1. The standard InChI is InChI=1S/C25H23N5O5S/c1-5-22(31)29-13-18-11-26-30(19(18)14-29)12-17-9-16(3)23-21(10-17)35-27-25(23)28-36(32,33)24-15(2)7-6-8-20(24)34-4/h1,6-11H,12-14H2,2-4H3,(H,27,28). The summed E-state index contributed by atoms with van der Waals surface area (Å²) >= 11 is 0. The summed E-state index contributed by atoms with van der Waals surface area (Å²) in [6, 6.07) is 8.74. The molecule has 10 nitrogen and oxygen atoms in total. The fourth-order valence-corrected chi connectivity index (χ4v) is 5.97. The molecule has 1 N–H and O–H groups in total. The van der Waals surface area contributed by atoms with Gasteiger partial charge in [0.25, 0.3) is 15.9 Å². The molecule has 0 fully saturated rings. The van der Waals surface area contributed by atoms with Crippen molar-refractivity contribution in [3.63, 3.8) is 0 Å². The Morgan fingerprint density at radius 1 is 1.25 bits per heavy atom. The number of aryl methyl sites for hydroxylation is 2. The van der Waals surface area contributed by atoms with Gasteiger partial charge in [0.05, 0.1) is 44.0 Å². The van der Waals surface area contributed by atoms with Gasteiger partial charge in [-0.3, -0.25) is 14.2 Å². The van der Waals surface area contributed by atoms with Gasteiger partial charge in [0, 0.05) is 5.56 Å². The molecule has 0 aliphatic carbocycles. The third kappa shape index (κ3) is 3.95. The number of fused-ring (bicyclic) bond motifs is 2. The van der Waals surface area contributed by atoms with Gasteiger partial charge in [0.1, 0.15) is 10.6 Å². The van der Waals surface area contributed by atoms with Crippen LogP contribution in [0.5, 0.6) is 5.75 Å². The minimum Gasteiger partial charge on any atom is -0.495 e. The Hall–Kier alpha value is -4.30. The molecule has 2 aromatic carbocycles. The Morgan fingerprint density at radius 3 is 2.81 bits per heavy atom. The highest BCUT2D eigenvalue weighted by Gasteiger charge is 2.27. The van der Waals surface area contributed by atoms with Crippen LogP contribution in [-0.4, -0.2) is 41.3 Å². The molecule has 0 unspecified atom stereocenters. The van der Waals surface area contributed by atoms with Crippen LogP contribution >= 0.6 is 0 Å². The van der Waals surface area contributed by atoms with Crippen molar-refractivity contribution >= 4 is 32.7 Å². The summed E-state index contributed by atoms with van der Waals surface area (Å²) in [5.41, 5.74) is 4.54. The van der Waals surface area contributed by atoms with Crippen LogP contribution in [0, 0.1) is 26.2 Å². The van der Waals surface area contributed by atoms with Gasteiger partial charge < -0.3 is 14.2 Å². The normalized spacial score (nSPS) is 13.0. The zero-order valence-corrected chi connectivity index (χ0v) is 20.7. The van der Waals surface area contributed by atoms with E-state index in [-0.39, 0.29) is 22.4 Å². The predicted octanol–water partition coefficient (Wildman–Crippen LogP) is 2.97. The molecule has 0 atom stereocenters. The number of benzene rings is 2. The number of nitrogens with zero attached hydrogens (tertiary/aromatic N) is 4. The number of carbonyl (C=O) groups excluding carboxylic acids is 1. The molecular formula is C25H23N5O5S. The quantitative estimate of drug-likeness (QED) is 0.400. The van der Waals surface area contributed by atoms with E-state index in [4.69, 9.17) is 15.7 Å². The lowest BCUT2D eigenvalue weighted by Crippen LogP contribution is -2.24. The van der Waals surface area contributed by atoms with Crippen molar-refractivity contribution in [2.45, 2.75) is 38.4 Å². The number of hydrogen-bond acceptors (Lipinski definition) is 7. The lowest BCUT2D eigenvalue weighted by molar-refractivity contribution is -0.125. The van der Waals surface area contributed by atoms with E-state index in [0.29, 0.717) is 36.2 Å². The van der Waals surface area contributed by atoms with Crippen LogP contribution in [0.25, 0.3) is 11.0 Å². The van der Waals surface area contributed by atoms with Gasteiger partial charge in [-0.2, -0.15) is 5.10 Å². The maximum Gasteiger partial charge on any atom is 0.298 e. The molecule has 0 saturated heterocycles. The van der Waals surface area contributed by atoms with Gasteiger partial charge in [-0.25, -0.2) is 8.42 Å². The molecule has 11 heteroatoms. The Morgan fingerprint density at radius 2 is 2.06 bits per heavy atom. The van der Waals surface area contributed by atoms with Crippen molar-refractivity contribution in [1.82, 2.24) is 19.8 Å². The van der Waals surface area contributed by atoms with Crippen LogP contribution in [-0.2, 0) is 34.5 Å². The van der Waals surface area contributed by atoms with Crippen LogP contribution in [0.2, 0.25) is 0 Å². The van der Waals surface area contributed by atoms with Crippen molar-refractivity contribution in [2.24, 2.45) is 0 Å². The minimum atomic E-state index is -4.00. The molecular weight excluding hydrogens is 482 g/mol. The number of nitrogens with one attached hydrogen (secondary N) is 1. The molecule has 1 aliphatic heterocycles. The second-order valence-corrected chi connectivity index (χ2v) is 10.2. The molecule has 1 aliphatic rings. The molecule has 0 saturated carbocycles. The second-order valence-electron chi connectivity index (χ2n) is 8.61. The highest BCUT2D eigenvalue weighted by molar-refractivity contribution is 7.92. The molecule has 184 valence electrons. The van der Waals surface area contributed by atoms with E-state index in [1.54, 1.807) is 42.3 Å². The molecule has 2 aromatic heterocycles. The van der Waals surface area contributed by atoms with Crippen LogP contribution in [0.4, 0.5) is 5.82 Å². The second kappa shape index (κ2) is 8.73. The van der Waals surface area contributed by atoms with E-state index in [0.717, 1.165) is 22.4 Å². The number of hydrogen-bond donors (Lipinski definition) is 1. The van der Waals surface area contributed by atoms with Crippen molar-refractivity contribution in [3.05, 3.63) is 64.5 Å². The average molecular weight is 506 g/mol. The summed E-state index contributed by atoms with van der Waals surface area (Å²) in [5.74, 6) is 2.14. The number of anilines is 1. The van der Waals surface area contributed by atoms with Gasteiger partial charge in [0.2, 0.25) is 0 Å². The average Bonchev–Trinajstić information content (AvgIpc) is 3.54. The summed E-state index contributed by atoms with van der Waals surface area (Å²) in [5, 5.41) is 9.01. The Balaban J connectivity index is 1.43. The third-order valence-corrected chi connectivity index (χ3v) is 7.73. The molecule has 0 bridgehead atoms. The predicted molar refractivity (Wildman–Crippen MR) is 132 cm³/mol. The topological polar surface area (TPSA) is 120 Å². The first kappa shape index (κ1) is 23.4. The number of methoxy groups -OCH3 is 1. The fourth-order valence-electron chi connectivity index (χ4n) is 4.56. The summed E-state index contributed by atoms with van der Waals surface area (Å²) in [4.78, 5) is 13.5. The number of carbonyl (C=O) groups is 1. The van der Waals surface area contributed by atoms with E-state index in [2.05, 4.69) is 20.9 Å². The van der Waals surface area contributed by atoms with Gasteiger partial charge in [-0.15, -0.1) is 6.42 Å². The Bertz CT molecular complexity index is 1660. The number of amides is 1. The number of sulfonamides is 1. The number of rotatable bonds is 6.